The Bertz CT molecular complexity index is 1050. The van der Waals surface area contributed by atoms with Crippen LogP contribution in [-0.2, 0) is 0 Å². The van der Waals surface area contributed by atoms with Crippen LogP contribution in [0.1, 0.15) is 37.8 Å². The first-order valence-electron chi connectivity index (χ1n) is 9.38. The molecule has 0 fully saturated rings. The standard InChI is InChI=1S/C25H19NO4/c1-2-18-11-9-10-16-21(18)22(17-26(29)30)23(24(27)19-12-5-3-6-13-19)25(28)20-14-7-4-8-15-20/h1,3-16,22-23H,17H2/t22-/m1/s1. The van der Waals surface area contributed by atoms with Gasteiger partial charge in [-0.25, -0.2) is 0 Å². The van der Waals surface area contributed by atoms with Crippen molar-refractivity contribution in [3.63, 3.8) is 0 Å². The van der Waals surface area contributed by atoms with Crippen molar-refractivity contribution in [2.24, 2.45) is 5.92 Å². The lowest BCUT2D eigenvalue weighted by atomic mass is 9.75. The minimum Gasteiger partial charge on any atom is -0.293 e. The van der Waals surface area contributed by atoms with E-state index in [2.05, 4.69) is 5.92 Å². The molecule has 0 aliphatic rings. The zero-order chi connectivity index (χ0) is 21.5. The zero-order valence-electron chi connectivity index (χ0n) is 16.1. The Morgan fingerprint density at radius 2 is 1.30 bits per heavy atom. The van der Waals surface area contributed by atoms with Crippen molar-refractivity contribution in [2.45, 2.75) is 5.92 Å². The minimum atomic E-state index is -1.28. The van der Waals surface area contributed by atoms with E-state index >= 15 is 0 Å². The van der Waals surface area contributed by atoms with Gasteiger partial charge in [-0.1, -0.05) is 84.8 Å². The molecule has 0 unspecified atom stereocenters. The maximum Gasteiger partial charge on any atom is 0.211 e. The predicted octanol–water partition coefficient (Wildman–Crippen LogP) is 4.41. The van der Waals surface area contributed by atoms with E-state index in [1.807, 2.05) is 0 Å². The van der Waals surface area contributed by atoms with Gasteiger partial charge in [-0.2, -0.15) is 0 Å². The third-order valence-corrected chi connectivity index (χ3v) is 4.95. The van der Waals surface area contributed by atoms with Crippen LogP contribution < -0.4 is 0 Å². The van der Waals surface area contributed by atoms with E-state index in [9.17, 15) is 19.7 Å². The number of hydrogen-bond donors (Lipinski definition) is 0. The molecule has 3 aromatic carbocycles. The highest BCUT2D eigenvalue weighted by Gasteiger charge is 2.40. The number of nitrogens with zero attached hydrogens (tertiary/aromatic N) is 1. The van der Waals surface area contributed by atoms with E-state index < -0.39 is 34.9 Å². The normalized spacial score (nSPS) is 11.5. The first kappa shape index (κ1) is 20.7. The lowest BCUT2D eigenvalue weighted by Crippen LogP contribution is -2.34. The van der Waals surface area contributed by atoms with Gasteiger partial charge in [0.2, 0.25) is 6.54 Å². The fourth-order valence-corrected chi connectivity index (χ4v) is 3.54. The number of terminal acetylenes is 1. The fraction of sp³-hybridized carbons (Fsp3) is 0.120. The van der Waals surface area contributed by atoms with Crippen molar-refractivity contribution >= 4 is 11.6 Å². The largest absolute Gasteiger partial charge is 0.293 e. The molecule has 0 saturated heterocycles. The molecule has 0 spiro atoms. The van der Waals surface area contributed by atoms with Crippen molar-refractivity contribution in [3.8, 4) is 12.3 Å². The Hall–Kier alpha value is -4.04. The fourth-order valence-electron chi connectivity index (χ4n) is 3.54. The van der Waals surface area contributed by atoms with Crippen LogP contribution in [0, 0.1) is 28.4 Å². The predicted molar refractivity (Wildman–Crippen MR) is 114 cm³/mol. The number of ketones is 2. The maximum absolute atomic E-state index is 13.5. The summed E-state index contributed by atoms with van der Waals surface area (Å²) in [5, 5.41) is 11.5. The SMILES string of the molecule is C#Cc1ccccc1[C@@H](C[N+](=O)[O-])C(C(=O)c1ccccc1)C(=O)c1ccccc1. The van der Waals surface area contributed by atoms with Gasteiger partial charge in [-0.3, -0.25) is 19.7 Å². The lowest BCUT2D eigenvalue weighted by molar-refractivity contribution is -0.484. The number of rotatable bonds is 8. The highest BCUT2D eigenvalue weighted by atomic mass is 16.6. The van der Waals surface area contributed by atoms with Crippen molar-refractivity contribution in [2.75, 3.05) is 6.54 Å². The molecule has 3 aromatic rings. The number of carbonyl (C=O) groups is 2. The first-order valence-corrected chi connectivity index (χ1v) is 9.38. The quantitative estimate of drug-likeness (QED) is 0.185. The topological polar surface area (TPSA) is 77.3 Å². The second kappa shape index (κ2) is 9.44. The highest BCUT2D eigenvalue weighted by molar-refractivity contribution is 6.16. The van der Waals surface area contributed by atoms with Gasteiger partial charge in [0.05, 0.1) is 11.8 Å². The summed E-state index contributed by atoms with van der Waals surface area (Å²) in [4.78, 5) is 37.9. The molecule has 5 heteroatoms. The van der Waals surface area contributed by atoms with Crippen LogP contribution >= 0.6 is 0 Å². The molecule has 0 aliphatic carbocycles. The minimum absolute atomic E-state index is 0.318. The van der Waals surface area contributed by atoms with E-state index in [0.29, 0.717) is 22.3 Å². The Morgan fingerprint density at radius 3 is 1.77 bits per heavy atom. The number of carbonyl (C=O) groups excluding carboxylic acids is 2. The van der Waals surface area contributed by atoms with Crippen LogP contribution in [0.2, 0.25) is 0 Å². The van der Waals surface area contributed by atoms with Gasteiger partial charge in [0.15, 0.2) is 11.6 Å². The van der Waals surface area contributed by atoms with Crippen LogP contribution in [-0.4, -0.2) is 23.0 Å². The molecule has 1 atom stereocenters. The molecule has 0 saturated carbocycles. The van der Waals surface area contributed by atoms with Crippen LogP contribution in [0.3, 0.4) is 0 Å². The molecule has 0 bridgehead atoms. The van der Waals surface area contributed by atoms with Gasteiger partial charge >= 0.3 is 0 Å². The molecule has 3 rings (SSSR count). The number of benzene rings is 3. The van der Waals surface area contributed by atoms with Gasteiger partial charge in [0, 0.05) is 21.6 Å². The molecule has 148 valence electrons. The summed E-state index contributed by atoms with van der Waals surface area (Å²) in [6, 6.07) is 23.4. The van der Waals surface area contributed by atoms with E-state index in [-0.39, 0.29) is 0 Å². The second-order valence-corrected chi connectivity index (χ2v) is 6.79. The monoisotopic (exact) mass is 397 g/mol. The Kier molecular flexibility index (Phi) is 6.51. The highest BCUT2D eigenvalue weighted by Crippen LogP contribution is 2.33. The van der Waals surface area contributed by atoms with E-state index in [4.69, 9.17) is 6.42 Å². The average Bonchev–Trinajstić information content (AvgIpc) is 2.79. The summed E-state index contributed by atoms with van der Waals surface area (Å²) in [6.07, 6.45) is 5.60. The van der Waals surface area contributed by atoms with E-state index in [1.165, 1.54) is 0 Å². The Morgan fingerprint density at radius 1 is 0.833 bits per heavy atom. The first-order chi connectivity index (χ1) is 14.5. The second-order valence-electron chi connectivity index (χ2n) is 6.79. The molecular weight excluding hydrogens is 378 g/mol. The Balaban J connectivity index is 2.19. The summed E-state index contributed by atoms with van der Waals surface area (Å²) < 4.78 is 0. The smallest absolute Gasteiger partial charge is 0.211 e. The summed E-state index contributed by atoms with van der Waals surface area (Å²) in [5.41, 5.74) is 1.50. The van der Waals surface area contributed by atoms with Gasteiger partial charge in [0.25, 0.3) is 0 Å². The number of hydrogen-bond acceptors (Lipinski definition) is 4. The maximum atomic E-state index is 13.5. The van der Waals surface area contributed by atoms with Crippen molar-refractivity contribution in [1.82, 2.24) is 0 Å². The molecule has 30 heavy (non-hydrogen) atoms. The molecule has 5 nitrogen and oxygen atoms in total. The van der Waals surface area contributed by atoms with E-state index in [0.717, 1.165) is 0 Å². The number of nitro groups is 1. The summed E-state index contributed by atoms with van der Waals surface area (Å²) in [7, 11) is 0. The summed E-state index contributed by atoms with van der Waals surface area (Å²) in [5.74, 6) is -0.712. The Labute approximate surface area is 174 Å². The van der Waals surface area contributed by atoms with Gasteiger partial charge in [0.1, 0.15) is 0 Å². The third-order valence-electron chi connectivity index (χ3n) is 4.95. The summed E-state index contributed by atoms with van der Waals surface area (Å²) >= 11 is 0. The number of Topliss-reactive ketones (excluding diaryl/α,β-unsaturated/α-hetero) is 2. The van der Waals surface area contributed by atoms with Gasteiger partial charge in [-0.15, -0.1) is 6.42 Å². The van der Waals surface area contributed by atoms with Gasteiger partial charge < -0.3 is 0 Å². The van der Waals surface area contributed by atoms with E-state index in [1.54, 1.807) is 84.9 Å². The van der Waals surface area contributed by atoms with Crippen LogP contribution in [0.4, 0.5) is 0 Å². The molecular formula is C25H19NO4. The molecule has 0 heterocycles. The zero-order valence-corrected chi connectivity index (χ0v) is 16.1. The van der Waals surface area contributed by atoms with Crippen LogP contribution in [0.15, 0.2) is 84.9 Å². The molecule has 0 amide bonds. The lowest BCUT2D eigenvalue weighted by Gasteiger charge is -2.24. The molecule has 0 radical (unpaired) electrons. The molecule has 0 aromatic heterocycles. The van der Waals surface area contributed by atoms with Gasteiger partial charge in [-0.05, 0) is 11.6 Å². The van der Waals surface area contributed by atoms with Crippen LogP contribution in [0.5, 0.6) is 0 Å². The third kappa shape index (κ3) is 4.50. The van der Waals surface area contributed by atoms with Crippen molar-refractivity contribution in [3.05, 3.63) is 117 Å². The van der Waals surface area contributed by atoms with Crippen molar-refractivity contribution < 1.29 is 14.5 Å². The average molecular weight is 397 g/mol. The summed E-state index contributed by atoms with van der Waals surface area (Å²) in [6.45, 7) is -0.597. The van der Waals surface area contributed by atoms with Crippen LogP contribution in [0.25, 0.3) is 0 Å². The molecule has 0 N–H and O–H groups in total. The van der Waals surface area contributed by atoms with Crippen molar-refractivity contribution in [1.29, 1.82) is 0 Å². The molecule has 0 aliphatic heterocycles.